The highest BCUT2D eigenvalue weighted by Gasteiger charge is 2.18. The molecule has 15 heavy (non-hydrogen) atoms. The third-order valence-electron chi connectivity index (χ3n) is 2.86. The zero-order chi connectivity index (χ0) is 11.1. The number of hydrogen-bond acceptors (Lipinski definition) is 3. The molecular weight excluding hydrogens is 190 g/mol. The van der Waals surface area contributed by atoms with Gasteiger partial charge in [-0.2, -0.15) is 0 Å². The summed E-state index contributed by atoms with van der Waals surface area (Å²) in [4.78, 5) is 2.44. The molecule has 1 heterocycles. The lowest BCUT2D eigenvalue weighted by molar-refractivity contribution is 0.0142. The number of rotatable bonds is 6. The number of likely N-dealkylation sites (tertiary alicyclic amines) is 1. The Hall–Kier alpha value is -0.610. The molecule has 0 aromatic carbocycles. The summed E-state index contributed by atoms with van der Waals surface area (Å²) >= 11 is 0. The van der Waals surface area contributed by atoms with Crippen LogP contribution >= 0.6 is 0 Å². The van der Waals surface area contributed by atoms with Crippen LogP contribution in [0.5, 0.6) is 0 Å². The first-order valence-electron chi connectivity index (χ1n) is 5.89. The average molecular weight is 213 g/mol. The second-order valence-corrected chi connectivity index (χ2v) is 4.13. The van der Waals surface area contributed by atoms with Gasteiger partial charge in [-0.05, 0) is 32.7 Å². The van der Waals surface area contributed by atoms with Crippen molar-refractivity contribution in [2.45, 2.75) is 38.7 Å². The summed E-state index contributed by atoms with van der Waals surface area (Å²) < 4.78 is 5.59. The lowest BCUT2D eigenvalue weighted by atomic mass is 10.1. The van der Waals surface area contributed by atoms with Gasteiger partial charge >= 0.3 is 0 Å². The maximum Gasteiger partial charge on any atom is 0.0905 e. The molecule has 0 radical (unpaired) electrons. The molecule has 0 atom stereocenters. The van der Waals surface area contributed by atoms with Crippen LogP contribution in [0.4, 0.5) is 0 Å². The number of amidine groups is 1. The molecule has 4 heteroatoms. The number of nitrogens with zero attached hydrogens (tertiary/aromatic N) is 1. The molecule has 1 aliphatic rings. The molecule has 0 bridgehead atoms. The fourth-order valence-electron chi connectivity index (χ4n) is 2.03. The molecule has 4 nitrogen and oxygen atoms in total. The van der Waals surface area contributed by atoms with Crippen LogP contribution in [0.15, 0.2) is 0 Å². The summed E-state index contributed by atoms with van der Waals surface area (Å²) in [5.74, 6) is 0.305. The molecule has 88 valence electrons. The predicted molar refractivity (Wildman–Crippen MR) is 62.2 cm³/mol. The molecule has 0 aromatic heterocycles. The van der Waals surface area contributed by atoms with E-state index in [2.05, 4.69) is 11.8 Å². The van der Waals surface area contributed by atoms with Gasteiger partial charge in [0.15, 0.2) is 0 Å². The maximum absolute atomic E-state index is 7.14. The first kappa shape index (κ1) is 12.5. The van der Waals surface area contributed by atoms with Gasteiger partial charge in [0.05, 0.1) is 11.9 Å². The molecule has 0 spiro atoms. The standard InChI is InChI=1S/C11H23N3O/c1-2-15-10-5-8-14(9-6-10)7-3-4-11(12)13/h10H,2-9H2,1H3,(H3,12,13). The smallest absolute Gasteiger partial charge is 0.0905 e. The van der Waals surface area contributed by atoms with Crippen LogP contribution in [-0.2, 0) is 4.74 Å². The van der Waals surface area contributed by atoms with E-state index in [1.807, 2.05) is 0 Å². The summed E-state index contributed by atoms with van der Waals surface area (Å²) in [6.45, 7) is 6.21. The largest absolute Gasteiger partial charge is 0.388 e. The number of piperidine rings is 1. The Bertz CT molecular complexity index is 188. The lowest BCUT2D eigenvalue weighted by Gasteiger charge is -2.31. The predicted octanol–water partition coefficient (Wildman–Crippen LogP) is 1.20. The zero-order valence-corrected chi connectivity index (χ0v) is 9.67. The number of nitrogens with one attached hydrogen (secondary N) is 1. The molecule has 1 aliphatic heterocycles. The maximum atomic E-state index is 7.14. The molecule has 1 saturated heterocycles. The second kappa shape index (κ2) is 6.80. The summed E-state index contributed by atoms with van der Waals surface area (Å²) in [5.41, 5.74) is 5.31. The van der Waals surface area contributed by atoms with E-state index in [-0.39, 0.29) is 0 Å². The summed E-state index contributed by atoms with van der Waals surface area (Å²) in [5, 5.41) is 7.14. The van der Waals surface area contributed by atoms with Crippen molar-refractivity contribution in [2.24, 2.45) is 5.73 Å². The molecule has 0 saturated carbocycles. The first-order valence-corrected chi connectivity index (χ1v) is 5.89. The molecule has 0 amide bonds. The van der Waals surface area contributed by atoms with Crippen LogP contribution in [0.25, 0.3) is 0 Å². The van der Waals surface area contributed by atoms with Crippen molar-refractivity contribution in [2.75, 3.05) is 26.2 Å². The summed E-state index contributed by atoms with van der Waals surface area (Å²) in [6.07, 6.45) is 4.50. The second-order valence-electron chi connectivity index (χ2n) is 4.13. The van der Waals surface area contributed by atoms with Crippen molar-refractivity contribution in [3.63, 3.8) is 0 Å². The van der Waals surface area contributed by atoms with Gasteiger partial charge in [0.1, 0.15) is 0 Å². The van der Waals surface area contributed by atoms with Gasteiger partial charge < -0.3 is 15.4 Å². The van der Waals surface area contributed by atoms with Crippen LogP contribution in [0.3, 0.4) is 0 Å². The minimum Gasteiger partial charge on any atom is -0.388 e. The van der Waals surface area contributed by atoms with Crippen LogP contribution in [0.1, 0.15) is 32.6 Å². The van der Waals surface area contributed by atoms with Gasteiger partial charge in [-0.15, -0.1) is 0 Å². The van der Waals surface area contributed by atoms with Crippen LogP contribution in [-0.4, -0.2) is 43.1 Å². The molecule has 1 fully saturated rings. The van der Waals surface area contributed by atoms with Gasteiger partial charge in [-0.1, -0.05) is 0 Å². The van der Waals surface area contributed by atoms with E-state index in [0.717, 1.165) is 51.9 Å². The third kappa shape index (κ3) is 5.14. The Morgan fingerprint density at radius 3 is 2.67 bits per heavy atom. The Morgan fingerprint density at radius 2 is 2.13 bits per heavy atom. The van der Waals surface area contributed by atoms with Crippen molar-refractivity contribution in [1.82, 2.24) is 4.90 Å². The molecule has 0 aliphatic carbocycles. The molecule has 3 N–H and O–H groups in total. The monoisotopic (exact) mass is 213 g/mol. The van der Waals surface area contributed by atoms with Crippen LogP contribution < -0.4 is 5.73 Å². The van der Waals surface area contributed by atoms with Crippen LogP contribution in [0.2, 0.25) is 0 Å². The number of hydrogen-bond donors (Lipinski definition) is 2. The van der Waals surface area contributed by atoms with E-state index in [4.69, 9.17) is 15.9 Å². The van der Waals surface area contributed by atoms with E-state index in [1.54, 1.807) is 0 Å². The van der Waals surface area contributed by atoms with Gasteiger partial charge in [0, 0.05) is 26.1 Å². The van der Waals surface area contributed by atoms with Gasteiger partial charge in [-0.3, -0.25) is 5.41 Å². The molecule has 0 aromatic rings. The van der Waals surface area contributed by atoms with Crippen molar-refractivity contribution >= 4 is 5.84 Å². The van der Waals surface area contributed by atoms with Crippen LogP contribution in [0, 0.1) is 5.41 Å². The molecule has 1 rings (SSSR count). The van der Waals surface area contributed by atoms with Gasteiger partial charge in [0.2, 0.25) is 0 Å². The van der Waals surface area contributed by atoms with Gasteiger partial charge in [0.25, 0.3) is 0 Å². The summed E-state index contributed by atoms with van der Waals surface area (Å²) in [7, 11) is 0. The summed E-state index contributed by atoms with van der Waals surface area (Å²) in [6, 6.07) is 0. The Labute approximate surface area is 92.3 Å². The topological polar surface area (TPSA) is 62.3 Å². The van der Waals surface area contributed by atoms with Gasteiger partial charge in [-0.25, -0.2) is 0 Å². The normalized spacial score (nSPS) is 19.3. The van der Waals surface area contributed by atoms with Crippen molar-refractivity contribution in [1.29, 1.82) is 5.41 Å². The van der Waals surface area contributed by atoms with Crippen molar-refractivity contribution in [3.8, 4) is 0 Å². The quantitative estimate of drug-likeness (QED) is 0.515. The zero-order valence-electron chi connectivity index (χ0n) is 9.67. The van der Waals surface area contributed by atoms with E-state index < -0.39 is 0 Å². The molecule has 0 unspecified atom stereocenters. The van der Waals surface area contributed by atoms with E-state index in [1.165, 1.54) is 0 Å². The molecular formula is C11H23N3O. The van der Waals surface area contributed by atoms with Crippen molar-refractivity contribution < 1.29 is 4.74 Å². The lowest BCUT2D eigenvalue weighted by Crippen LogP contribution is -2.37. The SMILES string of the molecule is CCOC1CCN(CCCC(=N)N)CC1. The van der Waals surface area contributed by atoms with E-state index >= 15 is 0 Å². The number of nitrogens with two attached hydrogens (primary N) is 1. The highest BCUT2D eigenvalue weighted by atomic mass is 16.5. The Balaban J connectivity index is 2.06. The fraction of sp³-hybridized carbons (Fsp3) is 0.909. The average Bonchev–Trinajstić information content (AvgIpc) is 2.20. The minimum absolute atomic E-state index is 0.305. The highest BCUT2D eigenvalue weighted by molar-refractivity contribution is 5.76. The van der Waals surface area contributed by atoms with Crippen molar-refractivity contribution in [3.05, 3.63) is 0 Å². The number of ether oxygens (including phenoxy) is 1. The highest BCUT2D eigenvalue weighted by Crippen LogP contribution is 2.13. The van der Waals surface area contributed by atoms with E-state index in [0.29, 0.717) is 11.9 Å². The fourth-order valence-corrected chi connectivity index (χ4v) is 2.03. The van der Waals surface area contributed by atoms with E-state index in [9.17, 15) is 0 Å². The minimum atomic E-state index is 0.305. The third-order valence-corrected chi connectivity index (χ3v) is 2.86. The Morgan fingerprint density at radius 1 is 1.47 bits per heavy atom. The Kier molecular flexibility index (Phi) is 5.65. The first-order chi connectivity index (χ1) is 7.22.